The van der Waals surface area contributed by atoms with Gasteiger partial charge in [-0.15, -0.1) is 0 Å². The average molecular weight is 308 g/mol. The number of nitrogens with one attached hydrogen (secondary N) is 1. The molecule has 1 aliphatic heterocycles. The lowest BCUT2D eigenvalue weighted by atomic mass is 10.0. The normalized spacial score (nSPS) is 19.1. The second-order valence-corrected chi connectivity index (χ2v) is 5.39. The summed E-state index contributed by atoms with van der Waals surface area (Å²) in [5.74, 6) is -2.49. The van der Waals surface area contributed by atoms with Crippen LogP contribution in [-0.2, 0) is 14.4 Å². The number of carbonyl (C=O) groups is 3. The molecule has 2 rings (SSSR count). The number of rotatable bonds is 5. The molecule has 2 atom stereocenters. The Kier molecular flexibility index (Phi) is 4.75. The molecule has 0 radical (unpaired) electrons. The maximum absolute atomic E-state index is 13.0. The number of halogens is 1. The van der Waals surface area contributed by atoms with Gasteiger partial charge < -0.3 is 15.3 Å². The van der Waals surface area contributed by atoms with Crippen LogP contribution in [0.1, 0.15) is 24.4 Å². The Morgan fingerprint density at radius 3 is 2.55 bits per heavy atom. The Morgan fingerprint density at radius 2 is 2.05 bits per heavy atom. The highest BCUT2D eigenvalue weighted by molar-refractivity contribution is 5.89. The van der Waals surface area contributed by atoms with Crippen LogP contribution >= 0.6 is 0 Å². The zero-order valence-corrected chi connectivity index (χ0v) is 12.1. The molecule has 22 heavy (non-hydrogen) atoms. The minimum Gasteiger partial charge on any atom is -0.481 e. The van der Waals surface area contributed by atoms with Crippen LogP contribution in [0, 0.1) is 11.7 Å². The van der Waals surface area contributed by atoms with Crippen LogP contribution in [-0.4, -0.2) is 41.4 Å². The molecule has 2 amide bonds. The first-order chi connectivity index (χ1) is 10.4. The number of hydrogen-bond acceptors (Lipinski definition) is 3. The molecule has 118 valence electrons. The molecule has 0 saturated carbocycles. The van der Waals surface area contributed by atoms with Crippen molar-refractivity contribution >= 4 is 17.8 Å². The quantitative estimate of drug-likeness (QED) is 0.847. The Morgan fingerprint density at radius 1 is 1.41 bits per heavy atom. The topological polar surface area (TPSA) is 86.7 Å². The van der Waals surface area contributed by atoms with Crippen molar-refractivity contribution in [3.05, 3.63) is 35.6 Å². The highest BCUT2D eigenvalue weighted by Gasteiger charge is 2.33. The van der Waals surface area contributed by atoms with Crippen LogP contribution in [0.3, 0.4) is 0 Å². The summed E-state index contributed by atoms with van der Waals surface area (Å²) in [6.07, 6.45) is -0.195. The van der Waals surface area contributed by atoms with E-state index >= 15 is 0 Å². The van der Waals surface area contributed by atoms with Gasteiger partial charge in [-0.25, -0.2) is 4.39 Å². The SMILES string of the molecule is CN1CC(C(=O)NC(CC(=O)O)c2ccc(F)cc2)CC1=O. The fourth-order valence-electron chi connectivity index (χ4n) is 2.45. The fourth-order valence-corrected chi connectivity index (χ4v) is 2.45. The number of benzene rings is 1. The van der Waals surface area contributed by atoms with Crippen molar-refractivity contribution in [1.82, 2.24) is 10.2 Å². The Balaban J connectivity index is 2.09. The average Bonchev–Trinajstić information content (AvgIpc) is 2.78. The Labute approximate surface area is 126 Å². The van der Waals surface area contributed by atoms with Gasteiger partial charge >= 0.3 is 5.97 Å². The third kappa shape index (κ3) is 3.81. The number of carboxylic acid groups (broad SMARTS) is 1. The molecule has 6 nitrogen and oxygen atoms in total. The zero-order valence-electron chi connectivity index (χ0n) is 12.1. The molecule has 1 aromatic rings. The van der Waals surface area contributed by atoms with Crippen molar-refractivity contribution in [3.63, 3.8) is 0 Å². The molecule has 1 fully saturated rings. The summed E-state index contributed by atoms with van der Waals surface area (Å²) in [5, 5.41) is 11.6. The Hall–Kier alpha value is -2.44. The third-order valence-corrected chi connectivity index (χ3v) is 3.68. The van der Waals surface area contributed by atoms with E-state index in [1.54, 1.807) is 7.05 Å². The summed E-state index contributed by atoms with van der Waals surface area (Å²) in [6, 6.07) is 4.54. The highest BCUT2D eigenvalue weighted by Crippen LogP contribution is 2.21. The number of hydrogen-bond donors (Lipinski definition) is 2. The highest BCUT2D eigenvalue weighted by atomic mass is 19.1. The van der Waals surface area contributed by atoms with Crippen LogP contribution in [0.5, 0.6) is 0 Å². The van der Waals surface area contributed by atoms with Crippen LogP contribution in [0.4, 0.5) is 4.39 Å². The standard InChI is InChI=1S/C15H17FN2O4/c1-18-8-10(6-13(18)19)15(22)17-12(7-14(20)21)9-2-4-11(16)5-3-9/h2-5,10,12H,6-8H2,1H3,(H,17,22)(H,20,21). The summed E-state index contributed by atoms with van der Waals surface area (Å²) >= 11 is 0. The lowest BCUT2D eigenvalue weighted by Crippen LogP contribution is -2.36. The van der Waals surface area contributed by atoms with Gasteiger partial charge in [0.15, 0.2) is 0 Å². The maximum Gasteiger partial charge on any atom is 0.305 e. The molecule has 2 N–H and O–H groups in total. The van der Waals surface area contributed by atoms with Crippen molar-refractivity contribution < 1.29 is 23.9 Å². The van der Waals surface area contributed by atoms with Gasteiger partial charge in [0.2, 0.25) is 11.8 Å². The molecule has 1 saturated heterocycles. The number of amides is 2. The summed E-state index contributed by atoms with van der Waals surface area (Å²) in [7, 11) is 1.62. The molecule has 0 aromatic heterocycles. The first kappa shape index (κ1) is 15.9. The van der Waals surface area contributed by atoms with Gasteiger partial charge in [-0.1, -0.05) is 12.1 Å². The molecular formula is C15H17FN2O4. The van der Waals surface area contributed by atoms with Crippen LogP contribution in [0.2, 0.25) is 0 Å². The third-order valence-electron chi connectivity index (χ3n) is 3.68. The number of aliphatic carboxylic acids is 1. The summed E-state index contributed by atoms with van der Waals surface area (Å²) in [5.41, 5.74) is 0.509. The van der Waals surface area contributed by atoms with Gasteiger partial charge in [-0.3, -0.25) is 14.4 Å². The number of carbonyl (C=O) groups excluding carboxylic acids is 2. The van der Waals surface area contributed by atoms with Gasteiger partial charge in [-0.2, -0.15) is 0 Å². The minimum atomic E-state index is -1.07. The summed E-state index contributed by atoms with van der Waals surface area (Å²) in [6.45, 7) is 0.313. The summed E-state index contributed by atoms with van der Waals surface area (Å²) < 4.78 is 13.0. The van der Waals surface area contributed by atoms with E-state index < -0.39 is 23.7 Å². The smallest absolute Gasteiger partial charge is 0.305 e. The first-order valence-electron chi connectivity index (χ1n) is 6.88. The van der Waals surface area contributed by atoms with Crippen molar-refractivity contribution in [1.29, 1.82) is 0 Å². The first-order valence-corrected chi connectivity index (χ1v) is 6.88. The molecule has 0 bridgehead atoms. The lowest BCUT2D eigenvalue weighted by molar-refractivity contribution is -0.138. The van der Waals surface area contributed by atoms with E-state index in [0.29, 0.717) is 12.1 Å². The van der Waals surface area contributed by atoms with Gasteiger partial charge in [0.05, 0.1) is 18.4 Å². The van der Waals surface area contributed by atoms with E-state index in [9.17, 15) is 18.8 Å². The molecular weight excluding hydrogens is 291 g/mol. The van der Waals surface area contributed by atoms with Gasteiger partial charge in [0.25, 0.3) is 0 Å². The molecule has 1 aliphatic rings. The van der Waals surface area contributed by atoms with E-state index in [1.165, 1.54) is 29.2 Å². The summed E-state index contributed by atoms with van der Waals surface area (Å²) in [4.78, 5) is 36.1. The van der Waals surface area contributed by atoms with Crippen LogP contribution in [0.15, 0.2) is 24.3 Å². The minimum absolute atomic E-state index is 0.114. The number of likely N-dealkylation sites (tertiary alicyclic amines) is 1. The second-order valence-electron chi connectivity index (χ2n) is 5.39. The predicted octanol–water partition coefficient (Wildman–Crippen LogP) is 0.936. The van der Waals surface area contributed by atoms with E-state index in [2.05, 4.69) is 5.32 Å². The van der Waals surface area contributed by atoms with E-state index in [-0.39, 0.29) is 24.7 Å². The maximum atomic E-state index is 13.0. The second kappa shape index (κ2) is 6.55. The number of nitrogens with zero attached hydrogens (tertiary/aromatic N) is 1. The van der Waals surface area contributed by atoms with Gasteiger partial charge in [0.1, 0.15) is 5.82 Å². The molecule has 1 heterocycles. The van der Waals surface area contributed by atoms with Crippen molar-refractivity contribution in [2.75, 3.05) is 13.6 Å². The van der Waals surface area contributed by atoms with Gasteiger partial charge in [-0.05, 0) is 17.7 Å². The van der Waals surface area contributed by atoms with Gasteiger partial charge in [0, 0.05) is 20.0 Å². The number of carboxylic acids is 1. The largest absolute Gasteiger partial charge is 0.481 e. The van der Waals surface area contributed by atoms with E-state index in [0.717, 1.165) is 0 Å². The van der Waals surface area contributed by atoms with Crippen LogP contribution < -0.4 is 5.32 Å². The predicted molar refractivity (Wildman–Crippen MR) is 75.3 cm³/mol. The Bertz CT molecular complexity index is 588. The molecule has 7 heteroatoms. The molecule has 2 unspecified atom stereocenters. The molecule has 0 aliphatic carbocycles. The monoisotopic (exact) mass is 308 g/mol. The fraction of sp³-hybridized carbons (Fsp3) is 0.400. The van der Waals surface area contributed by atoms with Crippen molar-refractivity contribution in [2.24, 2.45) is 5.92 Å². The van der Waals surface area contributed by atoms with E-state index in [4.69, 9.17) is 5.11 Å². The van der Waals surface area contributed by atoms with Crippen molar-refractivity contribution in [3.8, 4) is 0 Å². The van der Waals surface area contributed by atoms with Crippen molar-refractivity contribution in [2.45, 2.75) is 18.9 Å². The molecule has 1 aromatic carbocycles. The zero-order chi connectivity index (χ0) is 16.3. The van der Waals surface area contributed by atoms with Crippen LogP contribution in [0.25, 0.3) is 0 Å². The van der Waals surface area contributed by atoms with E-state index in [1.807, 2.05) is 0 Å². The lowest BCUT2D eigenvalue weighted by Gasteiger charge is -2.19. The molecule has 0 spiro atoms.